The molecule has 0 bridgehead atoms. The smallest absolute Gasteiger partial charge is 0.291 e. The molecule has 0 fully saturated rings. The first kappa shape index (κ1) is 18.7. The van der Waals surface area contributed by atoms with Crippen molar-refractivity contribution < 1.29 is 4.74 Å². The Morgan fingerprint density at radius 3 is 2.71 bits per heavy atom. The molecule has 5 nitrogen and oxygen atoms in total. The Labute approximate surface area is 170 Å². The molecule has 0 aliphatic carbocycles. The number of unbranched alkanes of at least 4 members (excludes halogenated alkanes) is 1. The fourth-order valence-corrected chi connectivity index (χ4v) is 3.78. The molecular weight excluding hydrogens is 394 g/mol. The lowest BCUT2D eigenvalue weighted by atomic mass is 10.2. The van der Waals surface area contributed by atoms with Crippen molar-refractivity contribution in [3.05, 3.63) is 74.0 Å². The van der Waals surface area contributed by atoms with Crippen LogP contribution in [0.15, 0.2) is 53.3 Å². The Kier molecular flexibility index (Phi) is 5.41. The molecule has 0 aliphatic rings. The third kappa shape index (κ3) is 3.79. The average Bonchev–Trinajstić information content (AvgIpc) is 3.24. The molecule has 0 saturated carbocycles. The minimum Gasteiger partial charge on any atom is -0.493 e. The second-order valence-electron chi connectivity index (χ2n) is 6.29. The van der Waals surface area contributed by atoms with Crippen molar-refractivity contribution in [2.45, 2.75) is 19.8 Å². The molecule has 0 atom stereocenters. The van der Waals surface area contributed by atoms with Gasteiger partial charge in [-0.25, -0.2) is 0 Å². The first-order chi connectivity index (χ1) is 13.7. The largest absolute Gasteiger partial charge is 0.493 e. The zero-order valence-electron chi connectivity index (χ0n) is 15.3. The second-order valence-corrected chi connectivity index (χ2v) is 7.74. The van der Waals surface area contributed by atoms with Crippen LogP contribution in [0.1, 0.15) is 25.3 Å². The van der Waals surface area contributed by atoms with Gasteiger partial charge in [-0.15, -0.1) is 5.10 Å². The van der Waals surface area contributed by atoms with Gasteiger partial charge in [-0.2, -0.15) is 9.50 Å². The Balaban J connectivity index is 1.71. The summed E-state index contributed by atoms with van der Waals surface area (Å²) in [6.45, 7) is 2.78. The topological polar surface area (TPSA) is 56.5 Å². The first-order valence-corrected chi connectivity index (χ1v) is 10.2. The van der Waals surface area contributed by atoms with Crippen molar-refractivity contribution in [2.24, 2.45) is 0 Å². The minimum atomic E-state index is -0.184. The predicted octanol–water partition coefficient (Wildman–Crippen LogP) is 4.20. The summed E-state index contributed by atoms with van der Waals surface area (Å²) in [7, 11) is 0. The van der Waals surface area contributed by atoms with E-state index in [2.05, 4.69) is 17.0 Å². The fraction of sp³-hybridized carbons (Fsp3) is 0.190. The molecule has 7 heteroatoms. The van der Waals surface area contributed by atoms with E-state index in [0.29, 0.717) is 26.9 Å². The molecular formula is C21H18ClN3O2S. The van der Waals surface area contributed by atoms with Crippen molar-refractivity contribution in [3.63, 3.8) is 0 Å². The normalized spacial score (nSPS) is 12.0. The number of nitrogens with zero attached hydrogens (tertiary/aromatic N) is 3. The maximum atomic E-state index is 12.8. The standard InChI is InChI=1S/C21H18ClN3O2S/c1-2-3-12-27-17-7-5-4-6-15(17)13-18-20(26)25-21(28-18)23-19(24-25)14-8-10-16(22)11-9-14/h4-11,13H,2-3,12H2,1H3/b18-13-. The minimum absolute atomic E-state index is 0.184. The van der Waals surface area contributed by atoms with Crippen molar-refractivity contribution in [2.75, 3.05) is 6.61 Å². The Morgan fingerprint density at radius 2 is 1.96 bits per heavy atom. The van der Waals surface area contributed by atoms with E-state index in [4.69, 9.17) is 16.3 Å². The van der Waals surface area contributed by atoms with Gasteiger partial charge in [-0.05, 0) is 42.8 Å². The maximum absolute atomic E-state index is 12.8. The van der Waals surface area contributed by atoms with Gasteiger partial charge in [0.2, 0.25) is 4.96 Å². The number of ether oxygens (including phenoxy) is 1. The third-order valence-corrected chi connectivity index (χ3v) is 5.46. The molecule has 2 heterocycles. The highest BCUT2D eigenvalue weighted by molar-refractivity contribution is 7.15. The maximum Gasteiger partial charge on any atom is 0.291 e. The zero-order chi connectivity index (χ0) is 19.5. The molecule has 2 aromatic heterocycles. The van der Waals surface area contributed by atoms with Crippen LogP contribution in [0.5, 0.6) is 5.75 Å². The van der Waals surface area contributed by atoms with Crippen molar-refractivity contribution in [3.8, 4) is 17.1 Å². The number of rotatable bonds is 6. The van der Waals surface area contributed by atoms with Crippen molar-refractivity contribution >= 4 is 34.0 Å². The van der Waals surface area contributed by atoms with E-state index < -0.39 is 0 Å². The molecule has 4 aromatic rings. The van der Waals surface area contributed by atoms with Crippen LogP contribution in [0.3, 0.4) is 0 Å². The van der Waals surface area contributed by atoms with Gasteiger partial charge in [0, 0.05) is 16.1 Å². The van der Waals surface area contributed by atoms with Crippen LogP contribution in [0, 0.1) is 0 Å². The molecule has 2 aromatic carbocycles. The van der Waals surface area contributed by atoms with Gasteiger partial charge in [0.15, 0.2) is 5.82 Å². The molecule has 0 unspecified atom stereocenters. The number of thiazole rings is 1. The summed E-state index contributed by atoms with van der Waals surface area (Å²) in [5.74, 6) is 1.28. The van der Waals surface area contributed by atoms with Crippen molar-refractivity contribution in [1.29, 1.82) is 0 Å². The number of hydrogen-bond acceptors (Lipinski definition) is 5. The molecule has 142 valence electrons. The van der Waals surface area contributed by atoms with Crippen LogP contribution < -0.4 is 14.8 Å². The molecule has 0 saturated heterocycles. The Hall–Kier alpha value is -2.70. The first-order valence-electron chi connectivity index (χ1n) is 9.05. The van der Waals surface area contributed by atoms with Crippen LogP contribution in [0.2, 0.25) is 5.02 Å². The molecule has 0 spiro atoms. The highest BCUT2D eigenvalue weighted by Gasteiger charge is 2.12. The van der Waals surface area contributed by atoms with E-state index in [1.807, 2.05) is 42.5 Å². The van der Waals surface area contributed by atoms with Gasteiger partial charge < -0.3 is 4.74 Å². The summed E-state index contributed by atoms with van der Waals surface area (Å²) in [5.41, 5.74) is 1.51. The highest BCUT2D eigenvalue weighted by Crippen LogP contribution is 2.21. The number of benzene rings is 2. The quantitative estimate of drug-likeness (QED) is 0.446. The lowest BCUT2D eigenvalue weighted by Gasteiger charge is -2.07. The van der Waals surface area contributed by atoms with E-state index >= 15 is 0 Å². The van der Waals surface area contributed by atoms with Crippen LogP contribution in [-0.2, 0) is 0 Å². The number of halogens is 1. The summed E-state index contributed by atoms with van der Waals surface area (Å²) >= 11 is 7.24. The monoisotopic (exact) mass is 411 g/mol. The van der Waals surface area contributed by atoms with Gasteiger partial charge in [0.25, 0.3) is 5.56 Å². The molecule has 0 amide bonds. The predicted molar refractivity (Wildman–Crippen MR) is 113 cm³/mol. The van der Waals surface area contributed by atoms with Gasteiger partial charge in [-0.1, -0.05) is 54.5 Å². The van der Waals surface area contributed by atoms with Crippen LogP contribution in [0.4, 0.5) is 0 Å². The van der Waals surface area contributed by atoms with E-state index in [1.54, 1.807) is 12.1 Å². The summed E-state index contributed by atoms with van der Waals surface area (Å²) in [6, 6.07) is 14.9. The number of hydrogen-bond donors (Lipinski definition) is 0. The highest BCUT2D eigenvalue weighted by atomic mass is 35.5. The van der Waals surface area contributed by atoms with Gasteiger partial charge in [0.1, 0.15) is 5.75 Å². The van der Waals surface area contributed by atoms with Gasteiger partial charge in [0.05, 0.1) is 11.1 Å². The summed E-state index contributed by atoms with van der Waals surface area (Å²) in [6.07, 6.45) is 3.90. The van der Waals surface area contributed by atoms with E-state index in [1.165, 1.54) is 15.9 Å². The van der Waals surface area contributed by atoms with Crippen LogP contribution in [0.25, 0.3) is 22.4 Å². The number of para-hydroxylation sites is 1. The summed E-state index contributed by atoms with van der Waals surface area (Å²) in [5, 5.41) is 5.01. The molecule has 4 rings (SSSR count). The third-order valence-electron chi connectivity index (χ3n) is 4.25. The zero-order valence-corrected chi connectivity index (χ0v) is 16.8. The van der Waals surface area contributed by atoms with Crippen LogP contribution in [-0.4, -0.2) is 21.2 Å². The molecule has 0 aliphatic heterocycles. The summed E-state index contributed by atoms with van der Waals surface area (Å²) in [4.78, 5) is 17.8. The van der Waals surface area contributed by atoms with Crippen LogP contribution >= 0.6 is 22.9 Å². The Morgan fingerprint density at radius 1 is 1.18 bits per heavy atom. The van der Waals surface area contributed by atoms with Crippen molar-refractivity contribution in [1.82, 2.24) is 14.6 Å². The number of aromatic nitrogens is 3. The van der Waals surface area contributed by atoms with Gasteiger partial charge in [-0.3, -0.25) is 4.79 Å². The van der Waals surface area contributed by atoms with E-state index in [-0.39, 0.29) is 5.56 Å². The van der Waals surface area contributed by atoms with E-state index in [9.17, 15) is 4.79 Å². The SMILES string of the molecule is CCCCOc1ccccc1/C=c1\sc2nc(-c3ccc(Cl)cc3)nn2c1=O. The number of fused-ring (bicyclic) bond motifs is 1. The van der Waals surface area contributed by atoms with Gasteiger partial charge >= 0.3 is 0 Å². The Bertz CT molecular complexity index is 1210. The second kappa shape index (κ2) is 8.12. The molecule has 0 N–H and O–H groups in total. The average molecular weight is 412 g/mol. The lowest BCUT2D eigenvalue weighted by molar-refractivity contribution is 0.309. The molecule has 0 radical (unpaired) electrons. The van der Waals surface area contributed by atoms with E-state index in [0.717, 1.165) is 29.7 Å². The fourth-order valence-electron chi connectivity index (χ4n) is 2.75. The summed E-state index contributed by atoms with van der Waals surface area (Å²) < 4.78 is 7.78. The molecule has 28 heavy (non-hydrogen) atoms. The lowest BCUT2D eigenvalue weighted by Crippen LogP contribution is -2.23.